The summed E-state index contributed by atoms with van der Waals surface area (Å²) in [5, 5.41) is 2.65. The van der Waals surface area contributed by atoms with Crippen LogP contribution >= 0.6 is 11.3 Å². The molecular formula is C51H41NS. The Labute approximate surface area is 316 Å². The van der Waals surface area contributed by atoms with Crippen molar-refractivity contribution in [1.82, 2.24) is 0 Å². The number of hydrogen-bond acceptors (Lipinski definition) is 2. The molecule has 8 aromatic rings. The van der Waals surface area contributed by atoms with Crippen LogP contribution in [0.2, 0.25) is 0 Å². The van der Waals surface area contributed by atoms with Gasteiger partial charge in [0.1, 0.15) is 0 Å². The molecule has 0 amide bonds. The van der Waals surface area contributed by atoms with Crippen molar-refractivity contribution in [3.8, 4) is 33.4 Å². The highest BCUT2D eigenvalue weighted by molar-refractivity contribution is 7.26. The summed E-state index contributed by atoms with van der Waals surface area (Å²) in [6.45, 7) is 4.81. The molecule has 0 unspecified atom stereocenters. The molecule has 1 aromatic heterocycles. The Morgan fingerprint density at radius 1 is 0.472 bits per heavy atom. The molecule has 1 nitrogen and oxygen atoms in total. The third kappa shape index (κ3) is 4.36. The lowest BCUT2D eigenvalue weighted by Crippen LogP contribution is -2.28. The third-order valence-corrected chi connectivity index (χ3v) is 14.1. The van der Waals surface area contributed by atoms with Crippen molar-refractivity contribution in [2.45, 2.75) is 56.8 Å². The Kier molecular flexibility index (Phi) is 6.77. The predicted molar refractivity (Wildman–Crippen MR) is 226 cm³/mol. The van der Waals surface area contributed by atoms with Gasteiger partial charge in [0, 0.05) is 37.6 Å². The summed E-state index contributed by atoms with van der Waals surface area (Å²) in [5.74, 6) is 0. The van der Waals surface area contributed by atoms with Crippen molar-refractivity contribution in [1.29, 1.82) is 0 Å². The fourth-order valence-corrected chi connectivity index (χ4v) is 11.8. The summed E-state index contributed by atoms with van der Waals surface area (Å²) >= 11 is 1.91. The molecule has 7 aromatic carbocycles. The zero-order valence-electron chi connectivity index (χ0n) is 30.3. The van der Waals surface area contributed by atoms with E-state index in [4.69, 9.17) is 0 Å². The van der Waals surface area contributed by atoms with Gasteiger partial charge in [-0.3, -0.25) is 0 Å². The molecule has 1 spiro atoms. The van der Waals surface area contributed by atoms with E-state index in [9.17, 15) is 0 Å². The first-order chi connectivity index (χ1) is 26.0. The van der Waals surface area contributed by atoms with E-state index in [0.717, 1.165) is 0 Å². The smallest absolute Gasteiger partial charge is 0.0640 e. The second-order valence-electron chi connectivity index (χ2n) is 15.9. The first kappa shape index (κ1) is 31.1. The molecule has 0 saturated heterocycles. The SMILES string of the molecule is CC1(C)c2ccccc2-c2cccc(-c3ccccc3N(c3ccc4c(c3)C3(CCCCC3)c3ccccc3-4)c3cccc4c3sc3ccccc34)c21. The van der Waals surface area contributed by atoms with Crippen LogP contribution in [0.3, 0.4) is 0 Å². The fourth-order valence-electron chi connectivity index (χ4n) is 10.6. The van der Waals surface area contributed by atoms with Crippen LogP contribution in [0.25, 0.3) is 53.6 Å². The minimum Gasteiger partial charge on any atom is -0.308 e. The van der Waals surface area contributed by atoms with Gasteiger partial charge in [0.15, 0.2) is 0 Å². The largest absolute Gasteiger partial charge is 0.308 e. The summed E-state index contributed by atoms with van der Waals surface area (Å²) < 4.78 is 2.65. The molecule has 2 heteroatoms. The quantitative estimate of drug-likeness (QED) is 0.177. The van der Waals surface area contributed by atoms with E-state index in [1.54, 1.807) is 0 Å². The standard InChI is InChI=1S/C51H41NS/c1-50(2)42-23-8-4-17-35(42)39-20-14-21-40(48(39)50)37-18-6-10-25-45(37)52(46-26-15-22-41-38-19-7-11-27-47(38)53-49(41)46)33-28-29-36-34-16-5-9-24-43(34)51(44(36)32-33)30-12-3-13-31-51/h4-11,14-29,32H,3,12-13,30-31H2,1-2H3. The maximum Gasteiger partial charge on any atom is 0.0640 e. The van der Waals surface area contributed by atoms with Crippen molar-refractivity contribution in [2.75, 3.05) is 4.90 Å². The van der Waals surface area contributed by atoms with E-state index < -0.39 is 0 Å². The number of benzene rings is 7. The molecule has 1 fully saturated rings. The van der Waals surface area contributed by atoms with Gasteiger partial charge in [-0.05, 0) is 93.2 Å². The van der Waals surface area contributed by atoms with Crippen molar-refractivity contribution >= 4 is 48.6 Å². The number of hydrogen-bond donors (Lipinski definition) is 0. The highest BCUT2D eigenvalue weighted by Gasteiger charge is 2.44. The average molecular weight is 700 g/mol. The van der Waals surface area contributed by atoms with Gasteiger partial charge in [-0.2, -0.15) is 0 Å². The molecule has 0 N–H and O–H groups in total. The molecule has 1 heterocycles. The molecule has 0 aliphatic heterocycles. The summed E-state index contributed by atoms with van der Waals surface area (Å²) in [5.41, 5.74) is 17.6. The molecule has 1 saturated carbocycles. The Morgan fingerprint density at radius 3 is 1.89 bits per heavy atom. The fraction of sp³-hybridized carbons (Fsp3) is 0.176. The van der Waals surface area contributed by atoms with E-state index in [0.29, 0.717) is 0 Å². The van der Waals surface area contributed by atoms with Crippen LogP contribution in [0.1, 0.15) is 68.2 Å². The summed E-state index contributed by atoms with van der Waals surface area (Å²) in [6, 6.07) is 57.6. The second-order valence-corrected chi connectivity index (χ2v) is 17.0. The molecule has 0 atom stereocenters. The van der Waals surface area contributed by atoms with E-state index in [2.05, 4.69) is 170 Å². The minimum absolute atomic E-state index is 0.0745. The summed E-state index contributed by atoms with van der Waals surface area (Å²) in [6.07, 6.45) is 6.32. The molecular weight excluding hydrogens is 659 g/mol. The zero-order valence-corrected chi connectivity index (χ0v) is 31.1. The molecule has 3 aliphatic carbocycles. The van der Waals surface area contributed by atoms with Gasteiger partial charge in [0.25, 0.3) is 0 Å². The highest BCUT2D eigenvalue weighted by Crippen LogP contribution is 2.58. The Morgan fingerprint density at radius 2 is 1.06 bits per heavy atom. The molecule has 3 aliphatic rings. The highest BCUT2D eigenvalue weighted by atomic mass is 32.1. The van der Waals surface area contributed by atoms with Crippen molar-refractivity contribution in [3.63, 3.8) is 0 Å². The lowest BCUT2D eigenvalue weighted by atomic mass is 9.68. The van der Waals surface area contributed by atoms with Crippen LogP contribution in [0.15, 0.2) is 152 Å². The maximum atomic E-state index is 2.60. The predicted octanol–water partition coefficient (Wildman–Crippen LogP) is 14.7. The van der Waals surface area contributed by atoms with E-state index in [1.165, 1.54) is 125 Å². The molecule has 53 heavy (non-hydrogen) atoms. The van der Waals surface area contributed by atoms with Crippen molar-refractivity contribution in [2.24, 2.45) is 0 Å². The molecule has 11 rings (SSSR count). The van der Waals surface area contributed by atoms with E-state index >= 15 is 0 Å². The summed E-state index contributed by atoms with van der Waals surface area (Å²) in [4.78, 5) is 2.60. The average Bonchev–Trinajstić information content (AvgIpc) is 3.80. The van der Waals surface area contributed by atoms with Gasteiger partial charge in [-0.1, -0.05) is 154 Å². The number of fused-ring (bicyclic) bond motifs is 11. The van der Waals surface area contributed by atoms with E-state index in [1.807, 2.05) is 11.3 Å². The van der Waals surface area contributed by atoms with Crippen LogP contribution in [-0.2, 0) is 10.8 Å². The Bertz CT molecular complexity index is 2760. The van der Waals surface area contributed by atoms with Gasteiger partial charge in [0.05, 0.1) is 16.1 Å². The Hall–Kier alpha value is -5.44. The topological polar surface area (TPSA) is 3.24 Å². The van der Waals surface area contributed by atoms with Crippen molar-refractivity contribution in [3.05, 3.63) is 174 Å². The monoisotopic (exact) mass is 699 g/mol. The third-order valence-electron chi connectivity index (χ3n) is 12.9. The molecule has 0 radical (unpaired) electrons. The zero-order chi connectivity index (χ0) is 35.3. The van der Waals surface area contributed by atoms with Gasteiger partial charge < -0.3 is 4.90 Å². The number of anilines is 3. The van der Waals surface area contributed by atoms with Crippen molar-refractivity contribution < 1.29 is 0 Å². The molecule has 0 bridgehead atoms. The van der Waals surface area contributed by atoms with Crippen LogP contribution in [0, 0.1) is 0 Å². The van der Waals surface area contributed by atoms with Gasteiger partial charge >= 0.3 is 0 Å². The Balaban J connectivity index is 1.19. The maximum absolute atomic E-state index is 2.60. The summed E-state index contributed by atoms with van der Waals surface area (Å²) in [7, 11) is 0. The number of nitrogens with zero attached hydrogens (tertiary/aromatic N) is 1. The van der Waals surface area contributed by atoms with Gasteiger partial charge in [-0.25, -0.2) is 0 Å². The van der Waals surface area contributed by atoms with Gasteiger partial charge in [0.2, 0.25) is 0 Å². The first-order valence-corrected chi connectivity index (χ1v) is 20.1. The lowest BCUT2D eigenvalue weighted by Gasteiger charge is -2.37. The normalized spacial score (nSPS) is 16.0. The van der Waals surface area contributed by atoms with Crippen LogP contribution < -0.4 is 4.90 Å². The van der Waals surface area contributed by atoms with Crippen LogP contribution in [0.5, 0.6) is 0 Å². The first-order valence-electron chi connectivity index (χ1n) is 19.3. The number of para-hydroxylation sites is 1. The van der Waals surface area contributed by atoms with Crippen LogP contribution in [-0.4, -0.2) is 0 Å². The number of thiophene rings is 1. The second kappa shape index (κ2) is 11.5. The molecule has 256 valence electrons. The lowest BCUT2D eigenvalue weighted by molar-refractivity contribution is 0.353. The number of rotatable bonds is 4. The minimum atomic E-state index is -0.126. The van der Waals surface area contributed by atoms with Gasteiger partial charge in [-0.15, -0.1) is 11.3 Å². The van der Waals surface area contributed by atoms with Crippen LogP contribution in [0.4, 0.5) is 17.1 Å². The van der Waals surface area contributed by atoms with E-state index in [-0.39, 0.29) is 10.8 Å².